The van der Waals surface area contributed by atoms with Crippen LogP contribution >= 0.6 is 0 Å². The molecule has 3 N–H and O–H groups in total. The molecule has 1 heterocycles. The van der Waals surface area contributed by atoms with E-state index in [1.165, 1.54) is 0 Å². The van der Waals surface area contributed by atoms with Crippen LogP contribution in [0.5, 0.6) is 0 Å². The van der Waals surface area contributed by atoms with Gasteiger partial charge in [-0.25, -0.2) is 0 Å². The zero-order chi connectivity index (χ0) is 12.1. The molecule has 0 saturated carbocycles. The summed E-state index contributed by atoms with van der Waals surface area (Å²) in [6, 6.07) is 5.04. The molecule has 0 aliphatic heterocycles. The van der Waals surface area contributed by atoms with E-state index in [0.717, 1.165) is 5.69 Å². The molecule has 0 aromatic carbocycles. The molecule has 1 unspecified atom stereocenters. The van der Waals surface area contributed by atoms with E-state index >= 15 is 0 Å². The van der Waals surface area contributed by atoms with Crippen molar-refractivity contribution in [1.29, 1.82) is 0 Å². The van der Waals surface area contributed by atoms with Gasteiger partial charge in [0.15, 0.2) is 0 Å². The lowest BCUT2D eigenvalue weighted by Crippen LogP contribution is -2.44. The van der Waals surface area contributed by atoms with Crippen LogP contribution in [0.2, 0.25) is 0 Å². The molecule has 1 amide bonds. The van der Waals surface area contributed by atoms with Gasteiger partial charge in [0.05, 0.1) is 17.8 Å². The maximum atomic E-state index is 11.7. The molecular weight excluding hydrogens is 202 g/mol. The third-order valence-electron chi connectivity index (χ3n) is 2.51. The highest BCUT2D eigenvalue weighted by molar-refractivity contribution is 5.82. The number of hydrogen-bond donors (Lipinski definition) is 2. The molecule has 16 heavy (non-hydrogen) atoms. The topological polar surface area (TPSA) is 68.0 Å². The van der Waals surface area contributed by atoms with Crippen molar-refractivity contribution >= 4 is 5.91 Å². The molecule has 0 fully saturated rings. The first-order valence-electron chi connectivity index (χ1n) is 5.49. The van der Waals surface area contributed by atoms with Gasteiger partial charge in [0.1, 0.15) is 0 Å². The highest BCUT2D eigenvalue weighted by Gasteiger charge is 2.19. The maximum Gasteiger partial charge on any atom is 0.237 e. The van der Waals surface area contributed by atoms with Gasteiger partial charge in [-0.05, 0) is 25.0 Å². The molecule has 1 rings (SSSR count). The van der Waals surface area contributed by atoms with Gasteiger partial charge >= 0.3 is 0 Å². The molecular formula is C12H19N3O. The van der Waals surface area contributed by atoms with Gasteiger partial charge < -0.3 is 11.1 Å². The molecule has 0 saturated heterocycles. The van der Waals surface area contributed by atoms with Crippen molar-refractivity contribution in [2.24, 2.45) is 11.7 Å². The zero-order valence-corrected chi connectivity index (χ0v) is 9.97. The monoisotopic (exact) mass is 221 g/mol. The van der Waals surface area contributed by atoms with Crippen LogP contribution in [0.15, 0.2) is 24.4 Å². The minimum atomic E-state index is -0.467. The van der Waals surface area contributed by atoms with Crippen LogP contribution in [0.3, 0.4) is 0 Å². The molecule has 1 aromatic heterocycles. The van der Waals surface area contributed by atoms with Gasteiger partial charge in [0.25, 0.3) is 0 Å². The van der Waals surface area contributed by atoms with Gasteiger partial charge in [0.2, 0.25) is 5.91 Å². The lowest BCUT2D eigenvalue weighted by atomic mass is 10.0. The summed E-state index contributed by atoms with van der Waals surface area (Å²) < 4.78 is 0. The van der Waals surface area contributed by atoms with E-state index in [2.05, 4.69) is 10.3 Å². The van der Waals surface area contributed by atoms with Crippen LogP contribution in [0, 0.1) is 5.92 Å². The summed E-state index contributed by atoms with van der Waals surface area (Å²) in [6.45, 7) is 5.75. The van der Waals surface area contributed by atoms with E-state index in [-0.39, 0.29) is 17.9 Å². The van der Waals surface area contributed by atoms with E-state index in [0.29, 0.717) is 0 Å². The summed E-state index contributed by atoms with van der Waals surface area (Å²) in [5.41, 5.74) is 6.59. The lowest BCUT2D eigenvalue weighted by molar-refractivity contribution is -0.123. The Morgan fingerprint density at radius 3 is 2.56 bits per heavy atom. The number of nitrogens with zero attached hydrogens (tertiary/aromatic N) is 1. The summed E-state index contributed by atoms with van der Waals surface area (Å²) in [5.74, 6) is 0.00378. The molecule has 1 aromatic rings. The fourth-order valence-electron chi connectivity index (χ4n) is 1.32. The quantitative estimate of drug-likeness (QED) is 0.803. The van der Waals surface area contributed by atoms with Crippen molar-refractivity contribution in [3.05, 3.63) is 30.1 Å². The number of nitrogens with two attached hydrogens (primary N) is 1. The number of carbonyl (C=O) groups excluding carboxylic acids is 1. The number of amides is 1. The average molecular weight is 221 g/mol. The maximum absolute atomic E-state index is 11.7. The van der Waals surface area contributed by atoms with Crippen LogP contribution in [-0.2, 0) is 4.79 Å². The van der Waals surface area contributed by atoms with Crippen molar-refractivity contribution in [1.82, 2.24) is 10.3 Å². The predicted molar refractivity (Wildman–Crippen MR) is 63.6 cm³/mol. The summed E-state index contributed by atoms with van der Waals surface area (Å²) in [6.07, 6.45) is 1.71. The number of hydrogen-bond acceptors (Lipinski definition) is 3. The Labute approximate surface area is 96.3 Å². The largest absolute Gasteiger partial charge is 0.347 e. The number of pyridine rings is 1. The SMILES string of the molecule is CC(C)C(N)C(=O)N[C@H](C)c1ccccn1. The summed E-state index contributed by atoms with van der Waals surface area (Å²) in [4.78, 5) is 15.9. The second kappa shape index (κ2) is 5.61. The molecule has 4 heteroatoms. The van der Waals surface area contributed by atoms with Crippen molar-refractivity contribution in [2.75, 3.05) is 0 Å². The molecule has 4 nitrogen and oxygen atoms in total. The Balaban J connectivity index is 2.58. The molecule has 2 atom stereocenters. The van der Waals surface area contributed by atoms with Crippen molar-refractivity contribution in [3.63, 3.8) is 0 Å². The summed E-state index contributed by atoms with van der Waals surface area (Å²) in [5, 5.41) is 2.85. The Morgan fingerprint density at radius 1 is 1.38 bits per heavy atom. The first kappa shape index (κ1) is 12.6. The minimum Gasteiger partial charge on any atom is -0.347 e. The molecule has 0 aliphatic rings. The van der Waals surface area contributed by atoms with E-state index < -0.39 is 6.04 Å². The van der Waals surface area contributed by atoms with Crippen molar-refractivity contribution in [2.45, 2.75) is 32.9 Å². The van der Waals surface area contributed by atoms with Crippen molar-refractivity contribution in [3.8, 4) is 0 Å². The lowest BCUT2D eigenvalue weighted by Gasteiger charge is -2.19. The Morgan fingerprint density at radius 2 is 2.06 bits per heavy atom. The first-order valence-corrected chi connectivity index (χ1v) is 5.49. The van der Waals surface area contributed by atoms with Crippen LogP contribution in [0.4, 0.5) is 0 Å². The van der Waals surface area contributed by atoms with E-state index in [1.807, 2.05) is 39.0 Å². The van der Waals surface area contributed by atoms with Crippen LogP contribution in [-0.4, -0.2) is 16.9 Å². The van der Waals surface area contributed by atoms with Gasteiger partial charge in [-0.1, -0.05) is 19.9 Å². The van der Waals surface area contributed by atoms with E-state index in [1.54, 1.807) is 6.20 Å². The van der Waals surface area contributed by atoms with E-state index in [4.69, 9.17) is 5.73 Å². The van der Waals surface area contributed by atoms with Gasteiger partial charge in [-0.2, -0.15) is 0 Å². The number of nitrogens with one attached hydrogen (secondary N) is 1. The Bertz CT molecular complexity index is 337. The average Bonchev–Trinajstić information content (AvgIpc) is 2.28. The van der Waals surface area contributed by atoms with Gasteiger partial charge in [-0.3, -0.25) is 9.78 Å². The summed E-state index contributed by atoms with van der Waals surface area (Å²) >= 11 is 0. The van der Waals surface area contributed by atoms with Gasteiger partial charge in [0, 0.05) is 6.20 Å². The minimum absolute atomic E-state index is 0.113. The smallest absolute Gasteiger partial charge is 0.237 e. The predicted octanol–water partition coefficient (Wildman–Crippen LogP) is 1.24. The molecule has 0 radical (unpaired) electrons. The molecule has 0 spiro atoms. The van der Waals surface area contributed by atoms with Crippen LogP contribution in [0.25, 0.3) is 0 Å². The van der Waals surface area contributed by atoms with Gasteiger partial charge in [-0.15, -0.1) is 0 Å². The third-order valence-corrected chi connectivity index (χ3v) is 2.51. The fourth-order valence-corrected chi connectivity index (χ4v) is 1.32. The molecule has 0 bridgehead atoms. The Hall–Kier alpha value is -1.42. The Kier molecular flexibility index (Phi) is 4.43. The second-order valence-corrected chi connectivity index (χ2v) is 4.25. The highest BCUT2D eigenvalue weighted by atomic mass is 16.2. The normalized spacial score (nSPS) is 14.6. The second-order valence-electron chi connectivity index (χ2n) is 4.25. The zero-order valence-electron chi connectivity index (χ0n) is 9.97. The number of aromatic nitrogens is 1. The van der Waals surface area contributed by atoms with Crippen LogP contribution in [0.1, 0.15) is 32.5 Å². The number of carbonyl (C=O) groups is 1. The van der Waals surface area contributed by atoms with E-state index in [9.17, 15) is 4.79 Å². The number of rotatable bonds is 4. The first-order chi connectivity index (χ1) is 7.52. The highest BCUT2D eigenvalue weighted by Crippen LogP contribution is 2.09. The summed E-state index contributed by atoms with van der Waals surface area (Å²) in [7, 11) is 0. The van der Waals surface area contributed by atoms with Crippen molar-refractivity contribution < 1.29 is 4.79 Å². The third kappa shape index (κ3) is 3.31. The molecule has 0 aliphatic carbocycles. The standard InChI is InChI=1S/C12H19N3O/c1-8(2)11(13)12(16)15-9(3)10-6-4-5-7-14-10/h4-9,11H,13H2,1-3H3,(H,15,16)/t9-,11?/m1/s1. The van der Waals surface area contributed by atoms with Crippen LogP contribution < -0.4 is 11.1 Å². The molecule has 88 valence electrons. The fraction of sp³-hybridized carbons (Fsp3) is 0.500.